The van der Waals surface area contributed by atoms with Gasteiger partial charge in [0, 0.05) is 10.6 Å². The van der Waals surface area contributed by atoms with Crippen LogP contribution in [0.15, 0.2) is 22.1 Å². The fourth-order valence-corrected chi connectivity index (χ4v) is 2.30. The summed E-state index contributed by atoms with van der Waals surface area (Å²) in [5.41, 5.74) is 8.35. The van der Waals surface area contributed by atoms with E-state index >= 15 is 0 Å². The van der Waals surface area contributed by atoms with Crippen molar-refractivity contribution in [1.29, 1.82) is 0 Å². The molecule has 6 nitrogen and oxygen atoms in total. The third-order valence-corrected chi connectivity index (χ3v) is 3.59. The van der Waals surface area contributed by atoms with Crippen molar-refractivity contribution in [2.24, 2.45) is 15.7 Å². The van der Waals surface area contributed by atoms with E-state index in [1.165, 1.54) is 0 Å². The highest BCUT2D eigenvalue weighted by molar-refractivity contribution is 6.43. The summed E-state index contributed by atoms with van der Waals surface area (Å²) in [5.74, 6) is 0.623. The van der Waals surface area contributed by atoms with E-state index in [0.717, 1.165) is 0 Å². The van der Waals surface area contributed by atoms with E-state index in [2.05, 4.69) is 20.8 Å². The second kappa shape index (κ2) is 6.27. The number of benzene rings is 1. The minimum Gasteiger partial charge on any atom is -0.370 e. The molecule has 0 bridgehead atoms. The first-order valence-corrected chi connectivity index (χ1v) is 7.13. The molecule has 0 aliphatic carbocycles. The van der Waals surface area contributed by atoms with E-state index in [9.17, 15) is 0 Å². The number of hydroxylamine groups is 1. The highest BCUT2D eigenvalue weighted by Gasteiger charge is 2.21. The lowest BCUT2D eigenvalue weighted by atomic mass is 10.2. The van der Waals surface area contributed by atoms with Crippen LogP contribution in [0.3, 0.4) is 0 Å². The monoisotopic (exact) mass is 349 g/mol. The SMILES string of the molecule is CC1(C)N=C(N)NC(NOCc2cc(Cl)c(Cl)cc2Cl)=N1. The van der Waals surface area contributed by atoms with Crippen molar-refractivity contribution in [3.05, 3.63) is 32.8 Å². The first-order valence-electron chi connectivity index (χ1n) is 6.00. The average Bonchev–Trinajstić information content (AvgIpc) is 2.33. The summed E-state index contributed by atoms with van der Waals surface area (Å²) >= 11 is 17.9. The highest BCUT2D eigenvalue weighted by Crippen LogP contribution is 2.29. The number of guanidine groups is 2. The number of rotatable bonds is 3. The Kier molecular flexibility index (Phi) is 4.83. The molecule has 0 saturated heterocycles. The van der Waals surface area contributed by atoms with Gasteiger partial charge < -0.3 is 5.73 Å². The van der Waals surface area contributed by atoms with Gasteiger partial charge in [0.05, 0.1) is 10.0 Å². The third-order valence-electron chi connectivity index (χ3n) is 2.51. The van der Waals surface area contributed by atoms with Crippen molar-refractivity contribution in [2.75, 3.05) is 0 Å². The smallest absolute Gasteiger partial charge is 0.225 e. The van der Waals surface area contributed by atoms with E-state index < -0.39 is 5.66 Å². The Labute approximate surface area is 137 Å². The number of halogens is 3. The molecular weight excluding hydrogens is 337 g/mol. The van der Waals surface area contributed by atoms with Gasteiger partial charge in [-0.15, -0.1) is 0 Å². The molecule has 0 atom stereocenters. The van der Waals surface area contributed by atoms with Gasteiger partial charge in [-0.3, -0.25) is 10.2 Å². The molecule has 1 aromatic rings. The molecule has 2 rings (SSSR count). The Morgan fingerprint density at radius 1 is 1.19 bits per heavy atom. The van der Waals surface area contributed by atoms with Crippen LogP contribution in [0.25, 0.3) is 0 Å². The summed E-state index contributed by atoms with van der Waals surface area (Å²) in [6.07, 6.45) is 0. The first-order chi connectivity index (χ1) is 9.77. The van der Waals surface area contributed by atoms with Gasteiger partial charge in [0.15, 0.2) is 11.6 Å². The van der Waals surface area contributed by atoms with Crippen molar-refractivity contribution in [3.8, 4) is 0 Å². The van der Waals surface area contributed by atoms with Crippen LogP contribution in [-0.4, -0.2) is 17.6 Å². The van der Waals surface area contributed by atoms with E-state index in [4.69, 9.17) is 45.4 Å². The number of nitrogens with zero attached hydrogens (tertiary/aromatic N) is 2. The Balaban J connectivity index is 1.97. The molecule has 0 radical (unpaired) electrons. The summed E-state index contributed by atoms with van der Waals surface area (Å²) in [6, 6.07) is 3.21. The average molecular weight is 351 g/mol. The van der Waals surface area contributed by atoms with Crippen molar-refractivity contribution in [2.45, 2.75) is 26.1 Å². The summed E-state index contributed by atoms with van der Waals surface area (Å²) in [7, 11) is 0. The highest BCUT2D eigenvalue weighted by atomic mass is 35.5. The predicted octanol–water partition coefficient (Wildman–Crippen LogP) is 2.68. The van der Waals surface area contributed by atoms with Crippen molar-refractivity contribution in [1.82, 2.24) is 10.8 Å². The Morgan fingerprint density at radius 2 is 1.86 bits per heavy atom. The number of nitrogens with one attached hydrogen (secondary N) is 2. The molecule has 0 fully saturated rings. The molecule has 0 saturated carbocycles. The third kappa shape index (κ3) is 4.38. The summed E-state index contributed by atoms with van der Waals surface area (Å²) in [6.45, 7) is 3.81. The van der Waals surface area contributed by atoms with Crippen LogP contribution in [-0.2, 0) is 11.4 Å². The Bertz CT molecular complexity index is 615. The maximum atomic E-state index is 6.06. The predicted molar refractivity (Wildman–Crippen MR) is 85.7 cm³/mol. The lowest BCUT2D eigenvalue weighted by Crippen LogP contribution is -2.50. The van der Waals surface area contributed by atoms with E-state index in [1.807, 2.05) is 13.8 Å². The number of hydrogen-bond acceptors (Lipinski definition) is 6. The minimum absolute atomic E-state index is 0.175. The molecule has 4 N–H and O–H groups in total. The molecule has 1 aliphatic rings. The van der Waals surface area contributed by atoms with Gasteiger partial charge in [-0.05, 0) is 26.0 Å². The van der Waals surface area contributed by atoms with Crippen LogP contribution < -0.4 is 16.5 Å². The molecule has 0 unspecified atom stereocenters. The molecule has 0 aromatic heterocycles. The lowest BCUT2D eigenvalue weighted by molar-refractivity contribution is 0.0687. The first kappa shape index (κ1) is 16.2. The fraction of sp³-hybridized carbons (Fsp3) is 0.333. The standard InChI is InChI=1S/C12H14Cl3N5O/c1-12(2)18-10(16)17-11(19-12)20-21-5-6-3-8(14)9(15)4-7(6)13/h3-4H,5H2,1-2H3,(H4,16,17,18,19,20). The molecule has 114 valence electrons. The number of aliphatic imine (C=N–C) groups is 2. The largest absolute Gasteiger partial charge is 0.370 e. The summed E-state index contributed by atoms with van der Waals surface area (Å²) in [4.78, 5) is 13.7. The lowest BCUT2D eigenvalue weighted by Gasteiger charge is -2.24. The Hall–Kier alpha value is -1.21. The molecule has 21 heavy (non-hydrogen) atoms. The topological polar surface area (TPSA) is 84.0 Å². The van der Waals surface area contributed by atoms with Crippen LogP contribution in [0.4, 0.5) is 0 Å². The van der Waals surface area contributed by atoms with E-state index in [-0.39, 0.29) is 12.6 Å². The van der Waals surface area contributed by atoms with Gasteiger partial charge in [0.1, 0.15) is 6.61 Å². The van der Waals surface area contributed by atoms with Crippen LogP contribution in [0.5, 0.6) is 0 Å². The quantitative estimate of drug-likeness (QED) is 0.578. The molecule has 1 heterocycles. The maximum absolute atomic E-state index is 6.06. The molecule has 0 amide bonds. The Morgan fingerprint density at radius 3 is 2.52 bits per heavy atom. The summed E-state index contributed by atoms with van der Waals surface area (Å²) in [5, 5.41) is 4.02. The number of hydrogen-bond donors (Lipinski definition) is 3. The van der Waals surface area contributed by atoms with E-state index in [0.29, 0.717) is 26.6 Å². The number of nitrogens with two attached hydrogens (primary N) is 1. The second-order valence-electron chi connectivity index (χ2n) is 4.83. The molecule has 1 aliphatic heterocycles. The van der Waals surface area contributed by atoms with Crippen molar-refractivity contribution in [3.63, 3.8) is 0 Å². The van der Waals surface area contributed by atoms with Crippen molar-refractivity contribution >= 4 is 46.7 Å². The van der Waals surface area contributed by atoms with Crippen LogP contribution in [0.1, 0.15) is 19.4 Å². The van der Waals surface area contributed by atoms with Crippen LogP contribution in [0.2, 0.25) is 15.1 Å². The zero-order valence-corrected chi connectivity index (χ0v) is 13.6. The summed E-state index contributed by atoms with van der Waals surface area (Å²) < 4.78 is 0. The van der Waals surface area contributed by atoms with Gasteiger partial charge in [-0.2, -0.15) is 0 Å². The molecule has 1 aromatic carbocycles. The normalized spacial score (nSPS) is 16.8. The van der Waals surface area contributed by atoms with Gasteiger partial charge in [0.2, 0.25) is 5.96 Å². The molecule has 9 heteroatoms. The fourth-order valence-electron chi connectivity index (χ4n) is 1.68. The van der Waals surface area contributed by atoms with Gasteiger partial charge in [-0.25, -0.2) is 15.5 Å². The van der Waals surface area contributed by atoms with Crippen LogP contribution in [0, 0.1) is 0 Å². The van der Waals surface area contributed by atoms with Gasteiger partial charge in [-0.1, -0.05) is 34.8 Å². The van der Waals surface area contributed by atoms with E-state index in [1.54, 1.807) is 12.1 Å². The zero-order chi connectivity index (χ0) is 15.6. The second-order valence-corrected chi connectivity index (χ2v) is 6.05. The molecular formula is C12H14Cl3N5O. The zero-order valence-electron chi connectivity index (χ0n) is 11.4. The van der Waals surface area contributed by atoms with Gasteiger partial charge >= 0.3 is 0 Å². The maximum Gasteiger partial charge on any atom is 0.225 e. The van der Waals surface area contributed by atoms with Crippen LogP contribution >= 0.6 is 34.8 Å². The molecule has 0 spiro atoms. The minimum atomic E-state index is -0.651. The van der Waals surface area contributed by atoms with Crippen molar-refractivity contribution < 1.29 is 4.84 Å². The van der Waals surface area contributed by atoms with Gasteiger partial charge in [0.25, 0.3) is 0 Å².